The van der Waals surface area contributed by atoms with Crippen LogP contribution in [0.4, 0.5) is 0 Å². The van der Waals surface area contributed by atoms with Gasteiger partial charge in [0.15, 0.2) is 6.10 Å². The van der Waals surface area contributed by atoms with Crippen molar-refractivity contribution in [1.82, 2.24) is 4.31 Å². The standard InChI is InChI=1S/C20H22N2O3S/c1-14(2)15-8-10-17(11-9-15)26(23,24)22-12-18-19(13-22)25-21-20(18)16-6-4-3-5-7-16/h3-11,14,18-19H,12-13H2,1-2H3. The number of fused-ring (bicyclic) bond motifs is 1. The van der Waals surface area contributed by atoms with Gasteiger partial charge in [-0.3, -0.25) is 0 Å². The largest absolute Gasteiger partial charge is 0.390 e. The van der Waals surface area contributed by atoms with Gasteiger partial charge in [-0.25, -0.2) is 8.42 Å². The maximum absolute atomic E-state index is 13.0. The number of rotatable bonds is 4. The highest BCUT2D eigenvalue weighted by molar-refractivity contribution is 7.89. The predicted octanol–water partition coefficient (Wildman–Crippen LogP) is 3.23. The molecule has 0 spiro atoms. The molecule has 6 heteroatoms. The number of sulfonamides is 1. The molecule has 2 aromatic carbocycles. The average molecular weight is 370 g/mol. The van der Waals surface area contributed by atoms with Crippen LogP contribution in [-0.4, -0.2) is 37.6 Å². The first-order chi connectivity index (χ1) is 12.5. The number of hydrogen-bond acceptors (Lipinski definition) is 4. The van der Waals surface area contributed by atoms with Gasteiger partial charge < -0.3 is 4.84 Å². The zero-order chi connectivity index (χ0) is 18.3. The molecule has 2 aliphatic rings. The van der Waals surface area contributed by atoms with E-state index in [9.17, 15) is 8.42 Å². The molecule has 0 aliphatic carbocycles. The molecule has 2 atom stereocenters. The summed E-state index contributed by atoms with van der Waals surface area (Å²) in [4.78, 5) is 5.87. The second-order valence-corrected chi connectivity index (χ2v) is 9.08. The van der Waals surface area contributed by atoms with Crippen molar-refractivity contribution in [2.75, 3.05) is 13.1 Å². The third kappa shape index (κ3) is 2.93. The van der Waals surface area contributed by atoms with E-state index in [1.165, 1.54) is 4.31 Å². The minimum Gasteiger partial charge on any atom is -0.390 e. The number of oxime groups is 1. The van der Waals surface area contributed by atoms with Crippen LogP contribution in [0.1, 0.15) is 30.9 Å². The van der Waals surface area contributed by atoms with E-state index in [-0.39, 0.29) is 12.0 Å². The van der Waals surface area contributed by atoms with E-state index in [0.717, 1.165) is 16.8 Å². The molecule has 1 fully saturated rings. The van der Waals surface area contributed by atoms with Crippen molar-refractivity contribution in [2.24, 2.45) is 11.1 Å². The summed E-state index contributed by atoms with van der Waals surface area (Å²) in [6.45, 7) is 4.91. The van der Waals surface area contributed by atoms with Gasteiger partial charge in [-0.15, -0.1) is 0 Å². The van der Waals surface area contributed by atoms with E-state index in [2.05, 4.69) is 19.0 Å². The van der Waals surface area contributed by atoms with Gasteiger partial charge in [0.2, 0.25) is 10.0 Å². The van der Waals surface area contributed by atoms with Crippen LogP contribution in [0.5, 0.6) is 0 Å². The normalized spacial score (nSPS) is 23.0. The van der Waals surface area contributed by atoms with Crippen LogP contribution in [0.25, 0.3) is 0 Å². The summed E-state index contributed by atoms with van der Waals surface area (Å²) in [6.07, 6.45) is -0.213. The fraction of sp³-hybridized carbons (Fsp3) is 0.350. The zero-order valence-electron chi connectivity index (χ0n) is 14.9. The molecule has 4 rings (SSSR count). The minimum atomic E-state index is -3.53. The molecule has 0 N–H and O–H groups in total. The Bertz CT molecular complexity index is 921. The summed E-state index contributed by atoms with van der Waals surface area (Å²) in [5, 5.41) is 4.21. The Balaban J connectivity index is 1.56. The minimum absolute atomic E-state index is 0.0258. The van der Waals surface area contributed by atoms with Gasteiger partial charge >= 0.3 is 0 Å². The second-order valence-electron chi connectivity index (χ2n) is 7.14. The lowest BCUT2D eigenvalue weighted by atomic mass is 9.95. The first-order valence-corrected chi connectivity index (χ1v) is 10.3. The highest BCUT2D eigenvalue weighted by Crippen LogP contribution is 2.33. The van der Waals surface area contributed by atoms with Crippen LogP contribution in [0.15, 0.2) is 64.6 Å². The summed E-state index contributed by atoms with van der Waals surface area (Å²) < 4.78 is 27.6. The predicted molar refractivity (Wildman–Crippen MR) is 101 cm³/mol. The van der Waals surface area contributed by atoms with Crippen molar-refractivity contribution in [3.63, 3.8) is 0 Å². The van der Waals surface area contributed by atoms with Crippen LogP contribution < -0.4 is 0 Å². The molecule has 2 aliphatic heterocycles. The van der Waals surface area contributed by atoms with Gasteiger partial charge in [0, 0.05) is 6.54 Å². The molecule has 0 aromatic heterocycles. The quantitative estimate of drug-likeness (QED) is 0.830. The first kappa shape index (κ1) is 17.2. The Labute approximate surface area is 154 Å². The van der Waals surface area contributed by atoms with Crippen molar-refractivity contribution in [2.45, 2.75) is 30.8 Å². The van der Waals surface area contributed by atoms with Crippen molar-refractivity contribution in [3.8, 4) is 0 Å². The SMILES string of the molecule is CC(C)c1ccc(S(=O)(=O)N2CC3ON=C(c4ccccc4)C3C2)cc1. The number of benzene rings is 2. The maximum Gasteiger partial charge on any atom is 0.243 e. The van der Waals surface area contributed by atoms with Crippen molar-refractivity contribution >= 4 is 15.7 Å². The smallest absolute Gasteiger partial charge is 0.243 e. The zero-order valence-corrected chi connectivity index (χ0v) is 15.7. The molecular formula is C20H22N2O3S. The van der Waals surface area contributed by atoms with E-state index in [0.29, 0.717) is 23.9 Å². The van der Waals surface area contributed by atoms with Crippen LogP contribution in [0.2, 0.25) is 0 Å². The summed E-state index contributed by atoms with van der Waals surface area (Å²) >= 11 is 0. The fourth-order valence-corrected chi connectivity index (χ4v) is 5.02. The highest BCUT2D eigenvalue weighted by atomic mass is 32.2. The maximum atomic E-state index is 13.0. The van der Waals surface area contributed by atoms with Gasteiger partial charge in [-0.05, 0) is 29.2 Å². The van der Waals surface area contributed by atoms with E-state index in [1.54, 1.807) is 12.1 Å². The third-order valence-electron chi connectivity index (χ3n) is 5.12. The van der Waals surface area contributed by atoms with Crippen molar-refractivity contribution in [1.29, 1.82) is 0 Å². The average Bonchev–Trinajstić information content (AvgIpc) is 3.23. The monoisotopic (exact) mass is 370 g/mol. The van der Waals surface area contributed by atoms with E-state index in [1.807, 2.05) is 42.5 Å². The molecule has 2 heterocycles. The van der Waals surface area contributed by atoms with Gasteiger partial charge in [0.05, 0.1) is 23.1 Å². The molecule has 1 saturated heterocycles. The van der Waals surface area contributed by atoms with E-state index >= 15 is 0 Å². The summed E-state index contributed by atoms with van der Waals surface area (Å²) in [5.41, 5.74) is 2.95. The lowest BCUT2D eigenvalue weighted by Gasteiger charge is -2.17. The van der Waals surface area contributed by atoms with Crippen LogP contribution in [-0.2, 0) is 14.9 Å². The van der Waals surface area contributed by atoms with Crippen molar-refractivity contribution in [3.05, 3.63) is 65.7 Å². The molecule has 0 radical (unpaired) electrons. The Kier molecular flexibility index (Phi) is 4.32. The van der Waals surface area contributed by atoms with Gasteiger partial charge in [0.25, 0.3) is 0 Å². The number of nitrogens with zero attached hydrogens (tertiary/aromatic N) is 2. The molecule has 0 bridgehead atoms. The lowest BCUT2D eigenvalue weighted by Crippen LogP contribution is -2.30. The van der Waals surface area contributed by atoms with Crippen LogP contribution >= 0.6 is 0 Å². The lowest BCUT2D eigenvalue weighted by molar-refractivity contribution is 0.0803. The summed E-state index contributed by atoms with van der Waals surface area (Å²) in [5.74, 6) is 0.345. The van der Waals surface area contributed by atoms with Crippen LogP contribution in [0.3, 0.4) is 0 Å². The molecule has 0 amide bonds. The first-order valence-electron chi connectivity index (χ1n) is 8.86. The number of hydrogen-bond donors (Lipinski definition) is 0. The van der Waals surface area contributed by atoms with Gasteiger partial charge in [-0.2, -0.15) is 4.31 Å². The fourth-order valence-electron chi connectivity index (χ4n) is 3.55. The summed E-state index contributed by atoms with van der Waals surface area (Å²) in [6, 6.07) is 17.0. The Morgan fingerprint density at radius 1 is 1.04 bits per heavy atom. The van der Waals surface area contributed by atoms with Crippen molar-refractivity contribution < 1.29 is 13.3 Å². The molecule has 2 aromatic rings. The molecule has 136 valence electrons. The highest BCUT2D eigenvalue weighted by Gasteiger charge is 2.46. The topological polar surface area (TPSA) is 59.0 Å². The molecular weight excluding hydrogens is 348 g/mol. The molecule has 26 heavy (non-hydrogen) atoms. The van der Waals surface area contributed by atoms with Gasteiger partial charge in [0.1, 0.15) is 0 Å². The second kappa shape index (κ2) is 6.52. The molecule has 5 nitrogen and oxygen atoms in total. The molecule has 0 saturated carbocycles. The van der Waals surface area contributed by atoms with E-state index < -0.39 is 10.0 Å². The summed E-state index contributed by atoms with van der Waals surface area (Å²) in [7, 11) is -3.53. The van der Waals surface area contributed by atoms with E-state index in [4.69, 9.17) is 4.84 Å². The third-order valence-corrected chi connectivity index (χ3v) is 6.97. The Morgan fingerprint density at radius 3 is 2.38 bits per heavy atom. The molecule has 2 unspecified atom stereocenters. The van der Waals surface area contributed by atoms with Gasteiger partial charge in [-0.1, -0.05) is 61.5 Å². The Hall–Kier alpha value is -2.18. The van der Waals surface area contributed by atoms with Crippen LogP contribution in [0, 0.1) is 5.92 Å². The Morgan fingerprint density at radius 2 is 1.73 bits per heavy atom.